The summed E-state index contributed by atoms with van der Waals surface area (Å²) in [6, 6.07) is 0. The zero-order chi connectivity index (χ0) is 18.4. The molecule has 24 heavy (non-hydrogen) atoms. The number of hydrogen-bond donors (Lipinski definition) is 0. The molecule has 0 bridgehead atoms. The smallest absolute Gasteiger partial charge is 0.310 e. The lowest BCUT2D eigenvalue weighted by Gasteiger charge is -2.12. The van der Waals surface area contributed by atoms with Gasteiger partial charge in [0.15, 0.2) is 5.82 Å². The topological polar surface area (TPSA) is 26.3 Å². The Morgan fingerprint density at radius 1 is 1.12 bits per heavy atom. The molecule has 1 fully saturated rings. The summed E-state index contributed by atoms with van der Waals surface area (Å²) in [5.74, 6) is -1.98. The number of esters is 1. The van der Waals surface area contributed by atoms with Gasteiger partial charge in [0, 0.05) is 5.56 Å². The highest BCUT2D eigenvalue weighted by molar-refractivity contribution is 6.55. The summed E-state index contributed by atoms with van der Waals surface area (Å²) in [6.45, 7) is 3.44. The minimum Gasteiger partial charge on any atom is -0.460 e. The van der Waals surface area contributed by atoms with Crippen molar-refractivity contribution < 1.29 is 13.9 Å². The van der Waals surface area contributed by atoms with Crippen LogP contribution in [0.4, 0.5) is 4.39 Å². The van der Waals surface area contributed by atoms with Crippen LogP contribution in [0.5, 0.6) is 0 Å². The Morgan fingerprint density at radius 3 is 2.25 bits per heavy atom. The van der Waals surface area contributed by atoms with Crippen molar-refractivity contribution in [1.82, 2.24) is 0 Å². The van der Waals surface area contributed by atoms with Crippen LogP contribution in [0.15, 0.2) is 10.6 Å². The number of carbonyl (C=O) groups excluding carboxylic acids is 1. The van der Waals surface area contributed by atoms with E-state index in [9.17, 15) is 9.18 Å². The van der Waals surface area contributed by atoms with E-state index in [-0.39, 0.29) is 48.1 Å². The predicted molar refractivity (Wildman–Crippen MR) is 96.8 cm³/mol. The fraction of sp³-hybridized carbons (Fsp3) is 0.400. The quantitative estimate of drug-likeness (QED) is 0.276. The SMILES string of the molecule is CC1(C)C(C=C(Cl)Cl)C1C(=O)OCc1c(Cl)c(F)c(Cl)c(Cl)c1Cl. The van der Waals surface area contributed by atoms with E-state index < -0.39 is 17.7 Å². The van der Waals surface area contributed by atoms with Crippen LogP contribution in [0.1, 0.15) is 19.4 Å². The van der Waals surface area contributed by atoms with Crippen LogP contribution in [0.2, 0.25) is 20.1 Å². The second-order valence-corrected chi connectivity index (χ2v) is 8.46. The Morgan fingerprint density at radius 2 is 1.71 bits per heavy atom. The minimum absolute atomic E-state index is 0.0551. The summed E-state index contributed by atoms with van der Waals surface area (Å²) in [7, 11) is 0. The molecule has 0 spiro atoms. The molecule has 0 saturated heterocycles. The monoisotopic (exact) mass is 452 g/mol. The fourth-order valence-corrected chi connectivity index (χ4v) is 3.87. The second-order valence-electron chi connectivity index (χ2n) is 5.94. The minimum atomic E-state index is -0.916. The summed E-state index contributed by atoms with van der Waals surface area (Å²) in [4.78, 5) is 12.3. The van der Waals surface area contributed by atoms with Gasteiger partial charge in [0.2, 0.25) is 0 Å². The first kappa shape index (κ1) is 20.4. The maximum Gasteiger partial charge on any atom is 0.310 e. The molecule has 1 aliphatic rings. The molecular formula is C15H11Cl6FO2. The third-order valence-corrected chi connectivity index (χ3v) is 6.12. The lowest BCUT2D eigenvalue weighted by Crippen LogP contribution is -2.11. The molecule has 9 heteroatoms. The van der Waals surface area contributed by atoms with Crippen molar-refractivity contribution >= 4 is 75.6 Å². The van der Waals surface area contributed by atoms with Gasteiger partial charge in [-0.25, -0.2) is 4.39 Å². The molecule has 2 nitrogen and oxygen atoms in total. The summed E-state index contributed by atoms with van der Waals surface area (Å²) in [5.41, 5.74) is -0.290. The predicted octanol–water partition coefficient (Wildman–Crippen LogP) is 7.07. The van der Waals surface area contributed by atoms with Crippen LogP contribution in [0.25, 0.3) is 0 Å². The van der Waals surface area contributed by atoms with E-state index in [0.717, 1.165) is 0 Å². The van der Waals surface area contributed by atoms with Crippen molar-refractivity contribution in [3.8, 4) is 0 Å². The van der Waals surface area contributed by atoms with Crippen LogP contribution in [0.3, 0.4) is 0 Å². The van der Waals surface area contributed by atoms with Gasteiger partial charge in [-0.3, -0.25) is 4.79 Å². The number of halogens is 7. The average molecular weight is 455 g/mol. The second kappa shape index (κ2) is 7.38. The number of benzene rings is 1. The highest BCUT2D eigenvalue weighted by atomic mass is 35.5. The summed E-state index contributed by atoms with van der Waals surface area (Å²) >= 11 is 34.7. The summed E-state index contributed by atoms with van der Waals surface area (Å²) in [6.07, 6.45) is 1.59. The average Bonchev–Trinajstić information content (AvgIpc) is 3.02. The third kappa shape index (κ3) is 3.77. The normalized spacial score (nSPS) is 21.4. The van der Waals surface area contributed by atoms with Crippen molar-refractivity contribution in [2.45, 2.75) is 20.5 Å². The standard InChI is InChI=1S/C15H11Cl6FO2/c1-15(2)6(3-7(16)17)8(15)14(23)24-4-5-9(18)11(20)12(21)13(22)10(5)19/h3,6,8H,4H2,1-2H3. The van der Waals surface area contributed by atoms with E-state index in [1.54, 1.807) is 6.08 Å². The zero-order valence-electron chi connectivity index (χ0n) is 12.4. The Labute approximate surface area is 168 Å². The molecule has 1 aromatic rings. The van der Waals surface area contributed by atoms with E-state index >= 15 is 0 Å². The van der Waals surface area contributed by atoms with Gasteiger partial charge in [-0.1, -0.05) is 83.5 Å². The van der Waals surface area contributed by atoms with Crippen LogP contribution < -0.4 is 0 Å². The number of allylic oxidation sites excluding steroid dienone is 1. The van der Waals surface area contributed by atoms with Crippen LogP contribution in [0, 0.1) is 23.1 Å². The van der Waals surface area contributed by atoms with Gasteiger partial charge in [0.25, 0.3) is 0 Å². The molecule has 1 saturated carbocycles. The molecule has 132 valence electrons. The van der Waals surface area contributed by atoms with Crippen LogP contribution in [-0.4, -0.2) is 5.97 Å². The van der Waals surface area contributed by atoms with Gasteiger partial charge in [0.1, 0.15) is 11.1 Å². The van der Waals surface area contributed by atoms with E-state index in [1.165, 1.54) is 0 Å². The first-order valence-corrected chi connectivity index (χ1v) is 8.96. The van der Waals surface area contributed by atoms with Crippen LogP contribution in [-0.2, 0) is 16.1 Å². The molecule has 0 aliphatic heterocycles. The van der Waals surface area contributed by atoms with Crippen molar-refractivity contribution in [2.24, 2.45) is 17.3 Å². The highest BCUT2D eigenvalue weighted by Crippen LogP contribution is 2.60. The summed E-state index contributed by atoms with van der Waals surface area (Å²) < 4.78 is 19.2. The van der Waals surface area contributed by atoms with Gasteiger partial charge in [-0.15, -0.1) is 0 Å². The van der Waals surface area contributed by atoms with Gasteiger partial charge in [-0.05, 0) is 17.4 Å². The maximum atomic E-state index is 13.9. The first-order valence-electron chi connectivity index (χ1n) is 6.69. The van der Waals surface area contributed by atoms with Gasteiger partial charge < -0.3 is 4.74 Å². The molecule has 0 N–H and O–H groups in total. The lowest BCUT2D eigenvalue weighted by molar-refractivity contribution is -0.147. The number of carbonyl (C=O) groups is 1. The van der Waals surface area contributed by atoms with Gasteiger partial charge >= 0.3 is 5.97 Å². The molecule has 1 aromatic carbocycles. The highest BCUT2D eigenvalue weighted by Gasteiger charge is 2.61. The Kier molecular flexibility index (Phi) is 6.28. The van der Waals surface area contributed by atoms with Crippen molar-refractivity contribution in [2.75, 3.05) is 0 Å². The summed E-state index contributed by atoms with van der Waals surface area (Å²) in [5, 5.41) is -0.964. The number of ether oxygens (including phenoxy) is 1. The van der Waals surface area contributed by atoms with E-state index in [1.807, 2.05) is 13.8 Å². The molecule has 0 heterocycles. The van der Waals surface area contributed by atoms with Gasteiger partial charge in [-0.2, -0.15) is 0 Å². The Hall–Kier alpha value is 0.1000. The fourth-order valence-electron chi connectivity index (χ4n) is 2.58. The Balaban J connectivity index is 2.16. The maximum absolute atomic E-state index is 13.9. The number of hydrogen-bond acceptors (Lipinski definition) is 2. The van der Waals surface area contributed by atoms with E-state index in [4.69, 9.17) is 74.3 Å². The molecule has 2 unspecified atom stereocenters. The van der Waals surface area contributed by atoms with Gasteiger partial charge in [0.05, 0.1) is 26.0 Å². The molecule has 2 atom stereocenters. The molecule has 2 rings (SSSR count). The molecule has 1 aliphatic carbocycles. The largest absolute Gasteiger partial charge is 0.460 e. The van der Waals surface area contributed by atoms with Crippen molar-refractivity contribution in [1.29, 1.82) is 0 Å². The Bertz CT molecular complexity index is 698. The molecule has 0 aromatic heterocycles. The third-order valence-electron chi connectivity index (χ3n) is 4.13. The lowest BCUT2D eigenvalue weighted by atomic mass is 10.1. The molecular weight excluding hydrogens is 444 g/mol. The first-order chi connectivity index (χ1) is 11.0. The van der Waals surface area contributed by atoms with E-state index in [0.29, 0.717) is 0 Å². The van der Waals surface area contributed by atoms with Crippen molar-refractivity contribution in [3.63, 3.8) is 0 Å². The molecule has 0 amide bonds. The number of rotatable bonds is 4. The molecule has 0 radical (unpaired) electrons. The van der Waals surface area contributed by atoms with E-state index in [2.05, 4.69) is 0 Å². The van der Waals surface area contributed by atoms with Crippen molar-refractivity contribution in [3.05, 3.63) is 42.0 Å². The zero-order valence-corrected chi connectivity index (χ0v) is 16.9. The van der Waals surface area contributed by atoms with Crippen LogP contribution >= 0.6 is 69.6 Å².